The number of hydrogen-bond acceptors (Lipinski definition) is 1. The molecule has 78 valence electrons. The predicted octanol–water partition coefficient (Wildman–Crippen LogP) is 2.72. The Balaban J connectivity index is 3.19. The van der Waals surface area contributed by atoms with Gasteiger partial charge in [0.2, 0.25) is 0 Å². The largest absolute Gasteiger partial charge is 0.510 e. The Bertz CT molecular complexity index is 315. The maximum atomic E-state index is 12.3. The van der Waals surface area contributed by atoms with Crippen molar-refractivity contribution in [3.05, 3.63) is 34.9 Å². The Hall–Kier alpha value is -0.965. The zero-order valence-electron chi connectivity index (χ0n) is 7.97. The van der Waals surface area contributed by atoms with Crippen LogP contribution in [-0.2, 0) is 0 Å². The summed E-state index contributed by atoms with van der Waals surface area (Å²) >= 11 is 0. The van der Waals surface area contributed by atoms with Gasteiger partial charge >= 0.3 is 6.98 Å². The van der Waals surface area contributed by atoms with E-state index < -0.39 is 13.0 Å². The summed E-state index contributed by atoms with van der Waals surface area (Å²) in [6.45, 7) is -2.11. The van der Waals surface area contributed by atoms with E-state index in [0.717, 1.165) is 0 Å². The Morgan fingerprint density at radius 2 is 1.57 bits per heavy atom. The lowest BCUT2D eigenvalue weighted by Gasteiger charge is -2.25. The lowest BCUT2D eigenvalue weighted by Crippen LogP contribution is -2.28. The van der Waals surface area contributed by atoms with Gasteiger partial charge in [0.1, 0.15) is 0 Å². The third-order valence-electron chi connectivity index (χ3n) is 2.20. The molecule has 1 aromatic rings. The van der Waals surface area contributed by atoms with Crippen molar-refractivity contribution >= 4 is 6.98 Å². The van der Waals surface area contributed by atoms with Crippen molar-refractivity contribution in [2.75, 3.05) is 0 Å². The summed E-state index contributed by atoms with van der Waals surface area (Å²) in [5.41, 5.74) is 0.924. The van der Waals surface area contributed by atoms with Crippen molar-refractivity contribution in [3.8, 4) is 0 Å². The first-order valence-electron chi connectivity index (χ1n) is 4.28. The highest BCUT2D eigenvalue weighted by molar-refractivity contribution is 6.59. The molecule has 0 saturated heterocycles. The van der Waals surface area contributed by atoms with E-state index in [1.54, 1.807) is 32.0 Å². The van der Waals surface area contributed by atoms with Gasteiger partial charge in [0.05, 0.1) is 6.00 Å². The van der Waals surface area contributed by atoms with E-state index in [2.05, 4.69) is 0 Å². The molecule has 0 radical (unpaired) electrons. The molecule has 1 nitrogen and oxygen atoms in total. The van der Waals surface area contributed by atoms with Crippen LogP contribution in [0.3, 0.4) is 0 Å². The summed E-state index contributed by atoms with van der Waals surface area (Å²) in [7, 11) is 0. The molecular weight excluding hydrogens is 192 g/mol. The van der Waals surface area contributed by atoms with Gasteiger partial charge in [-0.1, -0.05) is 18.2 Å². The minimum atomic E-state index is -5.23. The fourth-order valence-corrected chi connectivity index (χ4v) is 1.48. The van der Waals surface area contributed by atoms with Gasteiger partial charge in [-0.3, -0.25) is 0 Å². The summed E-state index contributed by atoms with van der Waals surface area (Å²) in [5, 5.41) is 9.12. The molecule has 0 bridgehead atoms. The van der Waals surface area contributed by atoms with Gasteiger partial charge < -0.3 is 18.1 Å². The molecule has 14 heavy (non-hydrogen) atoms. The van der Waals surface area contributed by atoms with E-state index >= 15 is 0 Å². The number of aryl methyl sites for hydroxylation is 2. The molecule has 0 aliphatic heterocycles. The molecule has 1 rings (SSSR count). The zero-order chi connectivity index (χ0) is 10.9. The van der Waals surface area contributed by atoms with Crippen LogP contribution in [0.2, 0.25) is 0 Å². The highest BCUT2D eigenvalue weighted by Crippen LogP contribution is 2.31. The van der Waals surface area contributed by atoms with Crippen molar-refractivity contribution in [2.45, 2.75) is 19.9 Å². The average Bonchev–Trinajstić information content (AvgIpc) is 2.01. The first-order valence-corrected chi connectivity index (χ1v) is 4.28. The molecule has 0 heterocycles. The van der Waals surface area contributed by atoms with Gasteiger partial charge in [-0.25, -0.2) is 0 Å². The second-order valence-corrected chi connectivity index (χ2v) is 3.38. The molecule has 0 fully saturated rings. The average molecular weight is 203 g/mol. The number of hydrogen-bond donors (Lipinski definition) is 1. The Labute approximate surface area is 80.6 Å². The standard InChI is InChI=1S/C9H11BF3O/c1-6-4-3-5-7(2)8(6)9(14)10(11,12)13/h3-5,9,14H,1-2H3/q-1. The molecule has 0 aliphatic carbocycles. The van der Waals surface area contributed by atoms with E-state index in [1.807, 2.05) is 0 Å². The van der Waals surface area contributed by atoms with E-state index in [1.165, 1.54) is 0 Å². The van der Waals surface area contributed by atoms with E-state index in [-0.39, 0.29) is 5.56 Å². The van der Waals surface area contributed by atoms with Crippen molar-refractivity contribution in [2.24, 2.45) is 0 Å². The number of rotatable bonds is 2. The van der Waals surface area contributed by atoms with Crippen LogP contribution in [0.15, 0.2) is 18.2 Å². The first-order chi connectivity index (χ1) is 6.34. The smallest absolute Gasteiger partial charge is 0.447 e. The van der Waals surface area contributed by atoms with Crippen LogP contribution in [0.4, 0.5) is 12.9 Å². The minimum absolute atomic E-state index is 0.0139. The fourth-order valence-electron chi connectivity index (χ4n) is 1.48. The van der Waals surface area contributed by atoms with Crippen LogP contribution in [0, 0.1) is 13.8 Å². The van der Waals surface area contributed by atoms with Crippen LogP contribution >= 0.6 is 0 Å². The highest BCUT2D eigenvalue weighted by Gasteiger charge is 2.36. The highest BCUT2D eigenvalue weighted by atomic mass is 19.4. The molecule has 0 aromatic heterocycles. The molecular formula is C9H11BF3O-. The normalized spacial score (nSPS) is 14.1. The Kier molecular flexibility index (Phi) is 2.90. The Morgan fingerprint density at radius 3 is 1.93 bits per heavy atom. The number of halogens is 3. The molecule has 0 spiro atoms. The van der Waals surface area contributed by atoms with Gasteiger partial charge in [0, 0.05) is 0 Å². The van der Waals surface area contributed by atoms with Gasteiger partial charge in [0.15, 0.2) is 0 Å². The predicted molar refractivity (Wildman–Crippen MR) is 50.0 cm³/mol. The van der Waals surface area contributed by atoms with Crippen molar-refractivity contribution in [1.82, 2.24) is 0 Å². The fraction of sp³-hybridized carbons (Fsp3) is 0.333. The van der Waals surface area contributed by atoms with Crippen LogP contribution < -0.4 is 0 Å². The number of aliphatic hydroxyl groups is 1. The molecule has 0 saturated carbocycles. The molecule has 0 amide bonds. The number of benzene rings is 1. The molecule has 1 unspecified atom stereocenters. The quantitative estimate of drug-likeness (QED) is 0.732. The molecule has 5 heteroatoms. The summed E-state index contributed by atoms with van der Waals surface area (Å²) in [5.74, 6) is 0. The van der Waals surface area contributed by atoms with E-state index in [0.29, 0.717) is 11.1 Å². The SMILES string of the molecule is Cc1cccc(C)c1C(O)[B-](F)(F)F. The summed E-state index contributed by atoms with van der Waals surface area (Å²) in [4.78, 5) is 0. The number of aliphatic hydroxyl groups excluding tert-OH is 1. The van der Waals surface area contributed by atoms with Crippen LogP contribution in [0.5, 0.6) is 0 Å². The lowest BCUT2D eigenvalue weighted by molar-refractivity contribution is 0.195. The van der Waals surface area contributed by atoms with Crippen LogP contribution in [0.1, 0.15) is 22.7 Å². The van der Waals surface area contributed by atoms with Crippen molar-refractivity contribution in [1.29, 1.82) is 0 Å². The second kappa shape index (κ2) is 3.65. The molecule has 1 atom stereocenters. The van der Waals surface area contributed by atoms with Crippen LogP contribution in [0.25, 0.3) is 0 Å². The monoisotopic (exact) mass is 203 g/mol. The maximum absolute atomic E-state index is 12.3. The maximum Gasteiger partial charge on any atom is 0.510 e. The van der Waals surface area contributed by atoms with E-state index in [4.69, 9.17) is 5.11 Å². The van der Waals surface area contributed by atoms with E-state index in [9.17, 15) is 12.9 Å². The van der Waals surface area contributed by atoms with Crippen LogP contribution in [-0.4, -0.2) is 12.1 Å². The zero-order valence-corrected chi connectivity index (χ0v) is 7.97. The van der Waals surface area contributed by atoms with Gasteiger partial charge in [-0.15, -0.1) is 0 Å². The topological polar surface area (TPSA) is 20.2 Å². The second-order valence-electron chi connectivity index (χ2n) is 3.38. The third-order valence-corrected chi connectivity index (χ3v) is 2.20. The molecule has 0 aliphatic rings. The van der Waals surface area contributed by atoms with Crippen molar-refractivity contribution < 1.29 is 18.1 Å². The van der Waals surface area contributed by atoms with Gasteiger partial charge in [0.25, 0.3) is 0 Å². The summed E-state index contributed by atoms with van der Waals surface area (Å²) < 4.78 is 36.9. The van der Waals surface area contributed by atoms with Gasteiger partial charge in [-0.2, -0.15) is 0 Å². The molecule has 1 N–H and O–H groups in total. The lowest BCUT2D eigenvalue weighted by atomic mass is 9.75. The minimum Gasteiger partial charge on any atom is -0.447 e. The van der Waals surface area contributed by atoms with Gasteiger partial charge in [-0.05, 0) is 30.5 Å². The van der Waals surface area contributed by atoms with Crippen molar-refractivity contribution in [3.63, 3.8) is 0 Å². The Morgan fingerprint density at radius 1 is 1.14 bits per heavy atom. The summed E-state index contributed by atoms with van der Waals surface area (Å²) in [6, 6.07) is 2.47. The summed E-state index contributed by atoms with van der Waals surface area (Å²) in [6.07, 6.45) is 0. The molecule has 1 aromatic carbocycles. The first kappa shape index (κ1) is 11.1. The third kappa shape index (κ3) is 2.09.